The molecule has 0 spiro atoms. The van der Waals surface area contributed by atoms with Gasteiger partial charge in [-0.25, -0.2) is 0 Å². The molecule has 11 rings (SSSR count). The van der Waals surface area contributed by atoms with Gasteiger partial charge in [0.05, 0.1) is 5.41 Å². The third-order valence-corrected chi connectivity index (χ3v) is 11.8. The van der Waals surface area contributed by atoms with E-state index in [1.165, 1.54) is 66.4 Å². The molecule has 1 aromatic heterocycles. The molecule has 0 amide bonds. The maximum atomic E-state index is 6.17. The number of hydrogen-bond acceptors (Lipinski definition) is 2. The number of furan rings is 1. The summed E-state index contributed by atoms with van der Waals surface area (Å²) in [6.45, 7) is 0. The summed E-state index contributed by atoms with van der Waals surface area (Å²) in [7, 11) is 0. The van der Waals surface area contributed by atoms with E-state index in [0.29, 0.717) is 0 Å². The summed E-state index contributed by atoms with van der Waals surface area (Å²) in [6, 6.07) is 66.7. The highest BCUT2D eigenvalue weighted by atomic mass is 16.3. The highest BCUT2D eigenvalue weighted by Crippen LogP contribution is 2.56. The number of para-hydroxylation sites is 1. The van der Waals surface area contributed by atoms with E-state index in [-0.39, 0.29) is 0 Å². The summed E-state index contributed by atoms with van der Waals surface area (Å²) in [5.74, 6) is 0. The second-order valence-corrected chi connectivity index (χ2v) is 14.7. The smallest absolute Gasteiger partial charge is 0.136 e. The second kappa shape index (κ2) is 12.6. The highest BCUT2D eigenvalue weighted by Gasteiger charge is 2.45. The summed E-state index contributed by atoms with van der Waals surface area (Å²) < 4.78 is 6.17. The Hall–Kier alpha value is -6.90. The van der Waals surface area contributed by atoms with E-state index in [1.807, 2.05) is 12.1 Å². The first-order valence-electron chi connectivity index (χ1n) is 19.2. The van der Waals surface area contributed by atoms with E-state index >= 15 is 0 Å². The van der Waals surface area contributed by atoms with Crippen molar-refractivity contribution in [2.45, 2.75) is 18.3 Å². The van der Waals surface area contributed by atoms with Crippen LogP contribution in [0.4, 0.5) is 11.4 Å². The lowest BCUT2D eigenvalue weighted by atomic mass is 9.68. The zero-order chi connectivity index (χ0) is 36.3. The largest absolute Gasteiger partial charge is 0.456 e. The first-order valence-corrected chi connectivity index (χ1v) is 19.2. The number of anilines is 2. The molecule has 0 fully saturated rings. The molecule has 2 aliphatic carbocycles. The minimum absolute atomic E-state index is 0.414. The van der Waals surface area contributed by atoms with Gasteiger partial charge in [-0.1, -0.05) is 152 Å². The van der Waals surface area contributed by atoms with Crippen LogP contribution in [-0.2, 0) is 5.41 Å². The first-order chi connectivity index (χ1) is 27.3. The molecule has 0 aliphatic heterocycles. The number of fused-ring (bicyclic) bond motifs is 8. The standard InChI is InChI=1S/C53H37NO/c1-3-13-39(14-4-1)53(48-20-10-7-17-45(48)46-18-8-11-21-49(46)53)40-27-31-43(32-28-40)54(41-15-5-2-6-16-41)42-29-23-36(24-30-42)37-25-33-44-38(35-37)26-34-51-52(44)47-19-9-12-22-50(47)55-51/h1-5,7-15,17-35H,6,16H2. The first kappa shape index (κ1) is 31.6. The Morgan fingerprint density at radius 2 is 1.13 bits per heavy atom. The minimum Gasteiger partial charge on any atom is -0.456 e. The van der Waals surface area contributed by atoms with Crippen LogP contribution in [-0.4, -0.2) is 0 Å². The fraction of sp³-hybridized carbons (Fsp3) is 0.0566. The molecule has 0 N–H and O–H groups in total. The Morgan fingerprint density at radius 3 is 1.85 bits per heavy atom. The third-order valence-electron chi connectivity index (χ3n) is 11.8. The van der Waals surface area contributed by atoms with Gasteiger partial charge < -0.3 is 9.32 Å². The number of rotatable bonds is 6. The SMILES string of the molecule is C1=CCCC(N(c2ccc(-c3ccc4c(ccc5oc6ccccc6c54)c3)cc2)c2ccc(C3(c4ccccc4)c4ccccc4-c4ccccc43)cc2)=C1. The molecule has 260 valence electrons. The van der Waals surface area contributed by atoms with Crippen molar-refractivity contribution in [2.75, 3.05) is 4.90 Å². The lowest BCUT2D eigenvalue weighted by Gasteiger charge is -2.35. The number of allylic oxidation sites excluding steroid dienone is 4. The summed E-state index contributed by atoms with van der Waals surface area (Å²) >= 11 is 0. The molecule has 2 nitrogen and oxygen atoms in total. The van der Waals surface area contributed by atoms with Crippen LogP contribution in [0.2, 0.25) is 0 Å². The zero-order valence-corrected chi connectivity index (χ0v) is 30.3. The van der Waals surface area contributed by atoms with Crippen LogP contribution < -0.4 is 4.90 Å². The molecule has 9 aromatic rings. The topological polar surface area (TPSA) is 16.4 Å². The van der Waals surface area contributed by atoms with Crippen LogP contribution in [0.5, 0.6) is 0 Å². The molecule has 0 bridgehead atoms. The Labute approximate surface area is 320 Å². The molecule has 2 aliphatic rings. The molecular weight excluding hydrogens is 667 g/mol. The molecule has 55 heavy (non-hydrogen) atoms. The Balaban J connectivity index is 0.992. The molecule has 2 heteroatoms. The molecule has 1 heterocycles. The van der Waals surface area contributed by atoms with Gasteiger partial charge >= 0.3 is 0 Å². The van der Waals surface area contributed by atoms with Crippen LogP contribution >= 0.6 is 0 Å². The molecule has 0 radical (unpaired) electrons. The molecule has 0 atom stereocenters. The molecule has 8 aromatic carbocycles. The average Bonchev–Trinajstić information content (AvgIpc) is 3.79. The van der Waals surface area contributed by atoms with E-state index < -0.39 is 5.41 Å². The molecule has 0 saturated carbocycles. The zero-order valence-electron chi connectivity index (χ0n) is 30.3. The van der Waals surface area contributed by atoms with Crippen molar-refractivity contribution in [1.82, 2.24) is 0 Å². The lowest BCUT2D eigenvalue weighted by molar-refractivity contribution is 0.669. The highest BCUT2D eigenvalue weighted by molar-refractivity contribution is 6.19. The Bertz CT molecular complexity index is 2920. The van der Waals surface area contributed by atoms with Crippen molar-refractivity contribution in [3.05, 3.63) is 228 Å². The van der Waals surface area contributed by atoms with Crippen LogP contribution in [0.3, 0.4) is 0 Å². The van der Waals surface area contributed by atoms with Crippen molar-refractivity contribution in [3.8, 4) is 22.3 Å². The minimum atomic E-state index is -0.414. The Morgan fingerprint density at radius 1 is 0.491 bits per heavy atom. The van der Waals surface area contributed by atoms with Gasteiger partial charge in [-0.2, -0.15) is 0 Å². The van der Waals surface area contributed by atoms with Crippen LogP contribution in [0, 0.1) is 0 Å². The van der Waals surface area contributed by atoms with Crippen LogP contribution in [0.15, 0.2) is 210 Å². The normalized spacial score (nSPS) is 14.2. The fourth-order valence-corrected chi connectivity index (χ4v) is 9.37. The lowest BCUT2D eigenvalue weighted by Crippen LogP contribution is -2.28. The van der Waals surface area contributed by atoms with Crippen molar-refractivity contribution in [1.29, 1.82) is 0 Å². The fourth-order valence-electron chi connectivity index (χ4n) is 9.37. The molecular formula is C53H37NO. The van der Waals surface area contributed by atoms with Crippen molar-refractivity contribution in [3.63, 3.8) is 0 Å². The maximum Gasteiger partial charge on any atom is 0.136 e. The van der Waals surface area contributed by atoms with Gasteiger partial charge in [0.2, 0.25) is 0 Å². The van der Waals surface area contributed by atoms with Crippen molar-refractivity contribution in [2.24, 2.45) is 0 Å². The Kier molecular flexibility index (Phi) is 7.25. The molecule has 0 unspecified atom stereocenters. The van der Waals surface area contributed by atoms with Gasteiger partial charge in [0, 0.05) is 27.8 Å². The average molecular weight is 704 g/mol. The van der Waals surface area contributed by atoms with Gasteiger partial charge in [0.1, 0.15) is 11.2 Å². The predicted molar refractivity (Wildman–Crippen MR) is 229 cm³/mol. The number of benzene rings is 8. The third kappa shape index (κ3) is 4.88. The van der Waals surface area contributed by atoms with Gasteiger partial charge in [-0.3, -0.25) is 0 Å². The number of nitrogens with zero attached hydrogens (tertiary/aromatic N) is 1. The van der Waals surface area contributed by atoms with Gasteiger partial charge in [0.25, 0.3) is 0 Å². The quantitative estimate of drug-likeness (QED) is 0.171. The van der Waals surface area contributed by atoms with Gasteiger partial charge in [-0.15, -0.1) is 0 Å². The van der Waals surface area contributed by atoms with E-state index in [1.54, 1.807) is 0 Å². The van der Waals surface area contributed by atoms with Crippen molar-refractivity contribution < 1.29 is 4.42 Å². The number of hydrogen-bond donors (Lipinski definition) is 0. The van der Waals surface area contributed by atoms with E-state index in [2.05, 4.69) is 193 Å². The van der Waals surface area contributed by atoms with E-state index in [4.69, 9.17) is 4.42 Å². The summed E-state index contributed by atoms with van der Waals surface area (Å²) in [5.41, 5.74) is 15.3. The van der Waals surface area contributed by atoms with Crippen LogP contribution in [0.1, 0.15) is 35.1 Å². The maximum absolute atomic E-state index is 6.17. The summed E-state index contributed by atoms with van der Waals surface area (Å²) in [6.07, 6.45) is 8.73. The van der Waals surface area contributed by atoms with Crippen LogP contribution in [0.25, 0.3) is 55.0 Å². The van der Waals surface area contributed by atoms with E-state index in [0.717, 1.165) is 40.8 Å². The molecule has 0 saturated heterocycles. The van der Waals surface area contributed by atoms with Gasteiger partial charge in [-0.05, 0) is 117 Å². The summed E-state index contributed by atoms with van der Waals surface area (Å²) in [5, 5.41) is 4.77. The second-order valence-electron chi connectivity index (χ2n) is 14.7. The summed E-state index contributed by atoms with van der Waals surface area (Å²) in [4.78, 5) is 2.43. The van der Waals surface area contributed by atoms with Gasteiger partial charge in [0.15, 0.2) is 0 Å². The monoisotopic (exact) mass is 703 g/mol. The van der Waals surface area contributed by atoms with Crippen molar-refractivity contribution >= 4 is 44.1 Å². The van der Waals surface area contributed by atoms with E-state index in [9.17, 15) is 0 Å². The predicted octanol–water partition coefficient (Wildman–Crippen LogP) is 14.1.